The summed E-state index contributed by atoms with van der Waals surface area (Å²) >= 11 is 1.64. The molecule has 0 aromatic carbocycles. The molecule has 0 unspecified atom stereocenters. The van der Waals surface area contributed by atoms with E-state index >= 15 is 0 Å². The van der Waals surface area contributed by atoms with Crippen molar-refractivity contribution in [3.63, 3.8) is 0 Å². The number of hydrogen-bond acceptors (Lipinski definition) is 6. The molecule has 6 nitrogen and oxygen atoms in total. The highest BCUT2D eigenvalue weighted by molar-refractivity contribution is 7.30. The molecule has 3 rings (SSSR count). The Balaban J connectivity index is 1.84. The minimum atomic E-state index is -1.76. The Morgan fingerprint density at radius 3 is 2.62 bits per heavy atom. The van der Waals surface area contributed by atoms with Crippen molar-refractivity contribution in [1.29, 1.82) is 0 Å². The highest BCUT2D eigenvalue weighted by Gasteiger charge is 2.39. The second-order valence-corrected chi connectivity index (χ2v) is 15.8. The van der Waals surface area contributed by atoms with Gasteiger partial charge in [0.25, 0.3) is 5.91 Å². The lowest BCUT2D eigenvalue weighted by atomic mass is 10.2. The van der Waals surface area contributed by atoms with Gasteiger partial charge in [-0.3, -0.25) is 9.69 Å². The number of thiophene rings is 1. The van der Waals surface area contributed by atoms with Crippen molar-refractivity contribution >= 4 is 40.6 Å². The van der Waals surface area contributed by atoms with Crippen molar-refractivity contribution in [1.82, 2.24) is 9.88 Å². The van der Waals surface area contributed by atoms with Crippen molar-refractivity contribution in [3.8, 4) is 0 Å². The van der Waals surface area contributed by atoms with Crippen LogP contribution >= 0.6 is 11.3 Å². The van der Waals surface area contributed by atoms with E-state index < -0.39 is 14.0 Å². The van der Waals surface area contributed by atoms with E-state index in [2.05, 4.69) is 44.1 Å². The van der Waals surface area contributed by atoms with Gasteiger partial charge in [-0.15, -0.1) is 11.3 Å². The van der Waals surface area contributed by atoms with Crippen LogP contribution in [-0.2, 0) is 11.3 Å². The Hall–Kier alpha value is -1.74. The summed E-state index contributed by atoms with van der Waals surface area (Å²) in [5, 5.41) is 4.33. The zero-order chi connectivity index (χ0) is 21.2. The quantitative estimate of drug-likeness (QED) is 0.683. The molecule has 0 aliphatic carbocycles. The highest BCUT2D eigenvalue weighted by Crippen LogP contribution is 2.38. The third kappa shape index (κ3) is 5.06. The second-order valence-electron chi connectivity index (χ2n) is 9.12. The van der Waals surface area contributed by atoms with E-state index in [1.165, 1.54) is 4.50 Å². The van der Waals surface area contributed by atoms with E-state index in [4.69, 9.17) is 15.5 Å². The molecule has 0 radical (unpaired) electrons. The molecule has 158 valence electrons. The Bertz CT molecular complexity index is 870. The van der Waals surface area contributed by atoms with Gasteiger partial charge in [0.1, 0.15) is 10.8 Å². The molecule has 0 bridgehead atoms. The van der Waals surface area contributed by atoms with E-state index in [0.717, 1.165) is 49.4 Å². The van der Waals surface area contributed by atoms with Crippen LogP contribution in [0.2, 0.25) is 18.1 Å². The van der Waals surface area contributed by atoms with Crippen LogP contribution in [0.4, 0.5) is 10.8 Å². The van der Waals surface area contributed by atoms with Crippen LogP contribution in [0, 0.1) is 0 Å². The van der Waals surface area contributed by atoms with E-state index in [0.29, 0.717) is 5.56 Å². The molecule has 1 amide bonds. The molecule has 0 atom stereocenters. The van der Waals surface area contributed by atoms with Gasteiger partial charge in [-0.2, -0.15) is 0 Å². The molecule has 3 heterocycles. The zero-order valence-electron chi connectivity index (χ0n) is 18.0. The molecule has 29 heavy (non-hydrogen) atoms. The lowest BCUT2D eigenvalue weighted by Gasteiger charge is -2.35. The maximum absolute atomic E-state index is 12.1. The molecule has 1 saturated heterocycles. The summed E-state index contributed by atoms with van der Waals surface area (Å²) in [6.07, 6.45) is 0. The number of aromatic nitrogens is 1. The molecular weight excluding hydrogens is 400 g/mol. The lowest BCUT2D eigenvalue weighted by Crippen LogP contribution is -2.47. The average molecular weight is 433 g/mol. The van der Waals surface area contributed by atoms with Crippen molar-refractivity contribution in [2.75, 3.05) is 31.6 Å². The smallest absolute Gasteiger partial charge is 0.251 e. The van der Waals surface area contributed by atoms with Gasteiger partial charge >= 0.3 is 0 Å². The summed E-state index contributed by atoms with van der Waals surface area (Å²) in [6, 6.07) is 7.95. The fourth-order valence-electron chi connectivity index (χ4n) is 3.09. The fourth-order valence-corrected chi connectivity index (χ4v) is 7.40. The zero-order valence-corrected chi connectivity index (χ0v) is 19.9. The number of carbonyl (C=O) groups excluding carboxylic acids is 1. The molecule has 1 aliphatic rings. The fraction of sp³-hybridized carbons (Fsp3) is 0.524. The maximum Gasteiger partial charge on any atom is 0.251 e. The van der Waals surface area contributed by atoms with Crippen molar-refractivity contribution in [2.45, 2.75) is 45.4 Å². The monoisotopic (exact) mass is 432 g/mol. The number of morpholine rings is 1. The first-order valence-corrected chi connectivity index (χ1v) is 13.9. The van der Waals surface area contributed by atoms with Crippen molar-refractivity contribution < 1.29 is 9.53 Å². The Kier molecular flexibility index (Phi) is 6.47. The predicted octanol–water partition coefficient (Wildman–Crippen LogP) is 3.53. The maximum atomic E-state index is 12.1. The Morgan fingerprint density at radius 2 is 2.00 bits per heavy atom. The predicted molar refractivity (Wildman–Crippen MR) is 123 cm³/mol. The summed E-state index contributed by atoms with van der Waals surface area (Å²) in [7, 11) is -1.76. The van der Waals surface area contributed by atoms with E-state index in [9.17, 15) is 4.79 Å². The van der Waals surface area contributed by atoms with E-state index in [1.54, 1.807) is 11.3 Å². The molecule has 1 aliphatic heterocycles. The summed E-state index contributed by atoms with van der Waals surface area (Å²) < 4.78 is 6.68. The first-order valence-electron chi connectivity index (χ1n) is 10.0. The minimum absolute atomic E-state index is 0.181. The topological polar surface area (TPSA) is 80.5 Å². The SMILES string of the molecule is CC(C)(C)[Si](C)(C)c1cc(C(N)=O)c(Nc2cccc(CN3CCOCC3)n2)s1. The van der Waals surface area contributed by atoms with Crippen LogP contribution in [0.15, 0.2) is 24.3 Å². The van der Waals surface area contributed by atoms with Gasteiger partial charge in [0.05, 0.1) is 32.5 Å². The van der Waals surface area contributed by atoms with Gasteiger partial charge in [0.2, 0.25) is 0 Å². The van der Waals surface area contributed by atoms with Crippen LogP contribution in [0.3, 0.4) is 0 Å². The molecule has 8 heteroatoms. The normalized spacial score (nSPS) is 16.0. The van der Waals surface area contributed by atoms with E-state index in [1.807, 2.05) is 24.3 Å². The van der Waals surface area contributed by atoms with Gasteiger partial charge < -0.3 is 15.8 Å². The Labute approximate surface area is 178 Å². The number of pyridine rings is 1. The van der Waals surface area contributed by atoms with Crippen LogP contribution in [0.1, 0.15) is 36.8 Å². The largest absolute Gasteiger partial charge is 0.379 e. The van der Waals surface area contributed by atoms with Gasteiger partial charge in [0, 0.05) is 19.6 Å². The first-order chi connectivity index (χ1) is 13.6. The number of amides is 1. The van der Waals surface area contributed by atoms with Gasteiger partial charge in [0.15, 0.2) is 0 Å². The number of nitrogens with one attached hydrogen (secondary N) is 1. The average Bonchev–Trinajstić information content (AvgIpc) is 3.07. The minimum Gasteiger partial charge on any atom is -0.379 e. The number of anilines is 2. The third-order valence-corrected chi connectivity index (χ3v) is 13.9. The Morgan fingerprint density at radius 1 is 1.31 bits per heavy atom. The summed E-state index contributed by atoms with van der Waals surface area (Å²) in [5.41, 5.74) is 7.24. The number of rotatable bonds is 6. The van der Waals surface area contributed by atoms with Crippen molar-refractivity contribution in [3.05, 3.63) is 35.5 Å². The number of ether oxygens (including phenoxy) is 1. The summed E-state index contributed by atoms with van der Waals surface area (Å²) in [4.78, 5) is 19.2. The van der Waals surface area contributed by atoms with Crippen LogP contribution in [-0.4, -0.2) is 50.2 Å². The number of nitrogens with zero attached hydrogens (tertiary/aromatic N) is 2. The third-order valence-electron chi connectivity index (χ3n) is 6.03. The second kappa shape index (κ2) is 8.55. The molecule has 2 aromatic heterocycles. The molecule has 0 spiro atoms. The molecular formula is C21H32N4O2SSi. The number of hydrogen-bond donors (Lipinski definition) is 2. The molecule has 1 fully saturated rings. The van der Waals surface area contributed by atoms with Gasteiger partial charge in [-0.1, -0.05) is 39.9 Å². The van der Waals surface area contributed by atoms with Crippen LogP contribution < -0.4 is 15.6 Å². The lowest BCUT2D eigenvalue weighted by molar-refractivity contribution is 0.0337. The van der Waals surface area contributed by atoms with Crippen LogP contribution in [0.25, 0.3) is 0 Å². The number of nitrogens with two attached hydrogens (primary N) is 1. The van der Waals surface area contributed by atoms with Gasteiger partial charge in [-0.05, 0) is 27.7 Å². The van der Waals surface area contributed by atoms with Crippen molar-refractivity contribution in [2.24, 2.45) is 5.73 Å². The number of carbonyl (C=O) groups is 1. The summed E-state index contributed by atoms with van der Waals surface area (Å²) in [6.45, 7) is 15.7. The van der Waals surface area contributed by atoms with E-state index in [-0.39, 0.29) is 5.04 Å². The summed E-state index contributed by atoms with van der Waals surface area (Å²) in [5.74, 6) is 0.333. The highest BCUT2D eigenvalue weighted by atomic mass is 32.1. The van der Waals surface area contributed by atoms with Crippen LogP contribution in [0.5, 0.6) is 0 Å². The molecule has 3 N–H and O–H groups in total. The first kappa shape index (κ1) is 22.0. The molecule has 2 aromatic rings. The standard InChI is InChI=1S/C21H32N4O2SSi/c1-21(2,3)29(4,5)18-13-16(19(22)26)20(28-18)24-17-8-6-7-15(23-17)14-25-9-11-27-12-10-25/h6-8,13H,9-12,14H2,1-5H3,(H2,22,26)(H,23,24). The number of primary amides is 1. The molecule has 0 saturated carbocycles. The van der Waals surface area contributed by atoms with Gasteiger partial charge in [-0.25, -0.2) is 4.98 Å².